The Hall–Kier alpha value is -2.40. The second-order valence-electron chi connectivity index (χ2n) is 4.26. The number of para-hydroxylation sites is 1. The van der Waals surface area contributed by atoms with Crippen molar-refractivity contribution < 1.29 is 4.79 Å². The molecule has 92 valence electrons. The van der Waals surface area contributed by atoms with Crippen LogP contribution in [0.2, 0.25) is 0 Å². The largest absolute Gasteiger partial charge is 0.331 e. The van der Waals surface area contributed by atoms with Crippen molar-refractivity contribution in [3.05, 3.63) is 48.0 Å². The van der Waals surface area contributed by atoms with Crippen molar-refractivity contribution >= 4 is 44.6 Å². The standard InChI is InChI=1S/C14H9N3OS/c18-14-16-10-8-19-13-12(10)11(6-7-15-13)17(14)9-4-2-1-3-5-9/h1-8H,(H,16,18). The number of aromatic nitrogens is 1. The van der Waals surface area contributed by atoms with Crippen molar-refractivity contribution in [2.45, 2.75) is 0 Å². The molecule has 0 radical (unpaired) electrons. The average Bonchev–Trinajstić information content (AvgIpc) is 2.85. The van der Waals surface area contributed by atoms with Crippen LogP contribution >= 0.6 is 11.3 Å². The number of amides is 2. The Labute approximate surface area is 113 Å². The van der Waals surface area contributed by atoms with Crippen LogP contribution < -0.4 is 10.2 Å². The summed E-state index contributed by atoms with van der Waals surface area (Å²) in [6.07, 6.45) is 1.74. The van der Waals surface area contributed by atoms with Crippen molar-refractivity contribution in [3.63, 3.8) is 0 Å². The number of rotatable bonds is 1. The highest BCUT2D eigenvalue weighted by Crippen LogP contribution is 2.42. The Morgan fingerprint density at radius 3 is 2.84 bits per heavy atom. The molecular formula is C14H9N3OS. The summed E-state index contributed by atoms with van der Waals surface area (Å²) in [5.74, 6) is 0. The van der Waals surface area contributed by atoms with E-state index in [-0.39, 0.29) is 6.03 Å². The molecule has 1 N–H and O–H groups in total. The van der Waals surface area contributed by atoms with Crippen molar-refractivity contribution in [2.24, 2.45) is 0 Å². The lowest BCUT2D eigenvalue weighted by Crippen LogP contribution is -2.33. The van der Waals surface area contributed by atoms with Gasteiger partial charge in [0.05, 0.1) is 22.4 Å². The highest BCUT2D eigenvalue weighted by atomic mass is 32.1. The summed E-state index contributed by atoms with van der Waals surface area (Å²) < 4.78 is 0. The van der Waals surface area contributed by atoms with E-state index in [1.807, 2.05) is 41.8 Å². The number of nitrogens with zero attached hydrogens (tertiary/aromatic N) is 2. The zero-order valence-electron chi connectivity index (χ0n) is 9.83. The Morgan fingerprint density at radius 2 is 2.00 bits per heavy atom. The van der Waals surface area contributed by atoms with Gasteiger partial charge in [0.1, 0.15) is 4.83 Å². The Kier molecular flexibility index (Phi) is 2.10. The number of hydrogen-bond donors (Lipinski definition) is 1. The number of carbonyl (C=O) groups is 1. The molecule has 5 heteroatoms. The third-order valence-corrected chi connectivity index (χ3v) is 4.04. The number of anilines is 3. The second kappa shape index (κ2) is 3.80. The predicted octanol–water partition coefficient (Wildman–Crippen LogP) is 3.98. The molecule has 1 aliphatic heterocycles. The first-order valence-electron chi connectivity index (χ1n) is 5.87. The van der Waals surface area contributed by atoms with Crippen LogP contribution in [-0.4, -0.2) is 11.0 Å². The van der Waals surface area contributed by atoms with Gasteiger partial charge in [-0.05, 0) is 18.2 Å². The molecule has 0 spiro atoms. The molecule has 3 heterocycles. The molecule has 2 aromatic heterocycles. The smallest absolute Gasteiger partial charge is 0.306 e. The molecule has 0 unspecified atom stereocenters. The monoisotopic (exact) mass is 267 g/mol. The molecule has 0 aliphatic carbocycles. The van der Waals surface area contributed by atoms with E-state index in [4.69, 9.17) is 0 Å². The van der Waals surface area contributed by atoms with Crippen LogP contribution in [0.1, 0.15) is 0 Å². The lowest BCUT2D eigenvalue weighted by atomic mass is 10.1. The Balaban J connectivity index is 2.02. The zero-order valence-corrected chi connectivity index (χ0v) is 10.6. The maximum Gasteiger partial charge on any atom is 0.331 e. The molecule has 1 aromatic carbocycles. The first-order chi connectivity index (χ1) is 9.34. The minimum atomic E-state index is -0.135. The van der Waals surface area contributed by atoms with Crippen molar-refractivity contribution in [3.8, 4) is 0 Å². The van der Waals surface area contributed by atoms with Gasteiger partial charge in [0.15, 0.2) is 0 Å². The first kappa shape index (κ1) is 10.5. The van der Waals surface area contributed by atoms with Crippen molar-refractivity contribution in [2.75, 3.05) is 10.2 Å². The fourth-order valence-corrected chi connectivity index (χ4v) is 3.20. The van der Waals surface area contributed by atoms with E-state index < -0.39 is 0 Å². The van der Waals surface area contributed by atoms with E-state index in [0.29, 0.717) is 0 Å². The van der Waals surface area contributed by atoms with E-state index >= 15 is 0 Å². The fraction of sp³-hybridized carbons (Fsp3) is 0. The third kappa shape index (κ3) is 1.45. The summed E-state index contributed by atoms with van der Waals surface area (Å²) in [6, 6.07) is 11.4. The first-order valence-corrected chi connectivity index (χ1v) is 6.75. The van der Waals surface area contributed by atoms with Crippen LogP contribution in [0, 0.1) is 0 Å². The third-order valence-electron chi connectivity index (χ3n) is 3.15. The summed E-state index contributed by atoms with van der Waals surface area (Å²) >= 11 is 1.54. The number of nitrogens with one attached hydrogen (secondary N) is 1. The van der Waals surface area contributed by atoms with E-state index in [0.717, 1.165) is 27.3 Å². The summed E-state index contributed by atoms with van der Waals surface area (Å²) in [4.78, 5) is 19.3. The van der Waals surface area contributed by atoms with Crippen molar-refractivity contribution in [1.82, 2.24) is 4.98 Å². The topological polar surface area (TPSA) is 45.2 Å². The van der Waals surface area contributed by atoms with Gasteiger partial charge in [-0.1, -0.05) is 18.2 Å². The molecule has 0 atom stereocenters. The minimum absolute atomic E-state index is 0.135. The number of carbonyl (C=O) groups excluding carboxylic acids is 1. The molecule has 19 heavy (non-hydrogen) atoms. The highest BCUT2D eigenvalue weighted by Gasteiger charge is 2.27. The molecule has 3 aromatic rings. The van der Waals surface area contributed by atoms with Gasteiger partial charge in [0, 0.05) is 11.6 Å². The number of benzene rings is 1. The lowest BCUT2D eigenvalue weighted by molar-refractivity contribution is 0.259. The van der Waals surface area contributed by atoms with Gasteiger partial charge in [-0.3, -0.25) is 4.90 Å². The molecule has 0 fully saturated rings. The zero-order chi connectivity index (χ0) is 12.8. The molecule has 4 nitrogen and oxygen atoms in total. The summed E-state index contributed by atoms with van der Waals surface area (Å²) in [5, 5.41) is 5.85. The van der Waals surface area contributed by atoms with Crippen molar-refractivity contribution in [1.29, 1.82) is 0 Å². The van der Waals surface area contributed by atoms with E-state index in [2.05, 4.69) is 10.3 Å². The summed E-state index contributed by atoms with van der Waals surface area (Å²) in [6.45, 7) is 0. The normalized spacial score (nSPS) is 13.7. The lowest BCUT2D eigenvalue weighted by Gasteiger charge is -2.27. The van der Waals surface area contributed by atoms with Gasteiger partial charge in [0.2, 0.25) is 0 Å². The van der Waals surface area contributed by atoms with Gasteiger partial charge < -0.3 is 5.32 Å². The number of pyridine rings is 1. The fourth-order valence-electron chi connectivity index (χ4n) is 2.34. The summed E-state index contributed by atoms with van der Waals surface area (Å²) in [5.41, 5.74) is 2.58. The summed E-state index contributed by atoms with van der Waals surface area (Å²) in [7, 11) is 0. The van der Waals surface area contributed by atoms with Gasteiger partial charge >= 0.3 is 6.03 Å². The molecule has 0 saturated carbocycles. The molecular weight excluding hydrogens is 258 g/mol. The van der Waals surface area contributed by atoms with Crippen LogP contribution in [0.4, 0.5) is 21.9 Å². The van der Waals surface area contributed by atoms with E-state index in [9.17, 15) is 4.79 Å². The van der Waals surface area contributed by atoms with Crippen LogP contribution in [0.5, 0.6) is 0 Å². The van der Waals surface area contributed by atoms with Crippen LogP contribution in [0.3, 0.4) is 0 Å². The average molecular weight is 267 g/mol. The molecule has 4 rings (SSSR count). The SMILES string of the molecule is O=C1Nc2csc3nccc(c23)N1c1ccccc1. The molecule has 0 saturated heterocycles. The number of hydrogen-bond acceptors (Lipinski definition) is 3. The molecule has 1 aliphatic rings. The van der Waals surface area contributed by atoms with Crippen LogP contribution in [0.15, 0.2) is 48.0 Å². The molecule has 2 amide bonds. The maximum atomic E-state index is 12.3. The number of urea groups is 1. The second-order valence-corrected chi connectivity index (χ2v) is 5.12. The Bertz CT molecular complexity index is 782. The van der Waals surface area contributed by atoms with E-state index in [1.165, 1.54) is 11.3 Å². The van der Waals surface area contributed by atoms with Crippen LogP contribution in [-0.2, 0) is 0 Å². The number of thiophene rings is 1. The minimum Gasteiger partial charge on any atom is -0.306 e. The molecule has 0 bridgehead atoms. The Morgan fingerprint density at radius 1 is 1.16 bits per heavy atom. The maximum absolute atomic E-state index is 12.3. The van der Waals surface area contributed by atoms with Gasteiger partial charge in [-0.15, -0.1) is 11.3 Å². The highest BCUT2D eigenvalue weighted by molar-refractivity contribution is 7.17. The van der Waals surface area contributed by atoms with E-state index in [1.54, 1.807) is 11.1 Å². The van der Waals surface area contributed by atoms with Crippen LogP contribution in [0.25, 0.3) is 10.2 Å². The predicted molar refractivity (Wildman–Crippen MR) is 77.2 cm³/mol. The van der Waals surface area contributed by atoms with Gasteiger partial charge in [0.25, 0.3) is 0 Å². The van der Waals surface area contributed by atoms with Gasteiger partial charge in [-0.25, -0.2) is 9.78 Å². The van der Waals surface area contributed by atoms with Gasteiger partial charge in [-0.2, -0.15) is 0 Å². The quantitative estimate of drug-likeness (QED) is 0.724.